The third-order valence-corrected chi connectivity index (χ3v) is 3.26. The van der Waals surface area contributed by atoms with Crippen molar-refractivity contribution in [3.8, 4) is 0 Å². The molecule has 0 unspecified atom stereocenters. The standard InChI is InChI=1S/C15H16N4O/c20-15(11-19-9-3-7-18-19)16-8-6-12-10-17-14-5-2-1-4-13(12)14/h1-5,7,9-10,17H,6,8,11H2,(H,16,20). The van der Waals surface area contributed by atoms with Gasteiger partial charge in [-0.15, -0.1) is 0 Å². The molecule has 0 atom stereocenters. The molecule has 0 aliphatic carbocycles. The quantitative estimate of drug-likeness (QED) is 0.740. The average molecular weight is 268 g/mol. The van der Waals surface area contributed by atoms with Crippen molar-refractivity contribution in [2.75, 3.05) is 6.54 Å². The van der Waals surface area contributed by atoms with Gasteiger partial charge in [-0.05, 0) is 24.1 Å². The second kappa shape index (κ2) is 5.61. The molecular weight excluding hydrogens is 252 g/mol. The van der Waals surface area contributed by atoms with Crippen LogP contribution in [0, 0.1) is 0 Å². The van der Waals surface area contributed by atoms with Gasteiger partial charge in [0.05, 0.1) is 0 Å². The molecule has 0 fully saturated rings. The number of para-hydroxylation sites is 1. The maximum absolute atomic E-state index is 11.7. The summed E-state index contributed by atoms with van der Waals surface area (Å²) in [6.07, 6.45) is 6.26. The second-order valence-corrected chi connectivity index (χ2v) is 4.66. The van der Waals surface area contributed by atoms with Crippen molar-refractivity contribution in [3.63, 3.8) is 0 Å². The number of carbonyl (C=O) groups is 1. The molecule has 2 aromatic heterocycles. The molecule has 1 amide bonds. The first kappa shape index (κ1) is 12.5. The summed E-state index contributed by atoms with van der Waals surface area (Å²) in [4.78, 5) is 15.0. The zero-order chi connectivity index (χ0) is 13.8. The summed E-state index contributed by atoms with van der Waals surface area (Å²) >= 11 is 0. The highest BCUT2D eigenvalue weighted by atomic mass is 16.2. The smallest absolute Gasteiger partial charge is 0.241 e. The molecule has 0 saturated carbocycles. The number of hydrogen-bond acceptors (Lipinski definition) is 2. The van der Waals surface area contributed by atoms with Crippen molar-refractivity contribution in [3.05, 3.63) is 54.5 Å². The Morgan fingerprint density at radius 3 is 3.05 bits per heavy atom. The Morgan fingerprint density at radius 2 is 2.20 bits per heavy atom. The fraction of sp³-hybridized carbons (Fsp3) is 0.200. The van der Waals surface area contributed by atoms with Gasteiger partial charge >= 0.3 is 0 Å². The Kier molecular flexibility index (Phi) is 3.50. The molecule has 20 heavy (non-hydrogen) atoms. The summed E-state index contributed by atoms with van der Waals surface area (Å²) in [6, 6.07) is 9.98. The lowest BCUT2D eigenvalue weighted by atomic mass is 10.1. The predicted molar refractivity (Wildman–Crippen MR) is 77.2 cm³/mol. The summed E-state index contributed by atoms with van der Waals surface area (Å²) in [5.41, 5.74) is 2.35. The van der Waals surface area contributed by atoms with Gasteiger partial charge in [0.25, 0.3) is 0 Å². The zero-order valence-electron chi connectivity index (χ0n) is 11.0. The number of aromatic amines is 1. The predicted octanol–water partition coefficient (Wildman–Crippen LogP) is 1.72. The molecule has 2 heterocycles. The van der Waals surface area contributed by atoms with Crippen LogP contribution >= 0.6 is 0 Å². The Labute approximate surface area is 116 Å². The zero-order valence-corrected chi connectivity index (χ0v) is 11.0. The van der Waals surface area contributed by atoms with Crippen molar-refractivity contribution in [2.45, 2.75) is 13.0 Å². The van der Waals surface area contributed by atoms with Gasteiger partial charge in [-0.1, -0.05) is 18.2 Å². The average Bonchev–Trinajstić information content (AvgIpc) is 3.09. The SMILES string of the molecule is O=C(Cn1cccn1)NCCc1c[nH]c2ccccc12. The molecule has 0 saturated heterocycles. The van der Waals surface area contributed by atoms with E-state index in [0.717, 1.165) is 11.9 Å². The Hall–Kier alpha value is -2.56. The highest BCUT2D eigenvalue weighted by Crippen LogP contribution is 2.17. The number of H-pyrrole nitrogens is 1. The Morgan fingerprint density at radius 1 is 1.30 bits per heavy atom. The molecule has 0 aliphatic heterocycles. The first-order chi connectivity index (χ1) is 9.83. The van der Waals surface area contributed by atoms with Crippen molar-refractivity contribution >= 4 is 16.8 Å². The van der Waals surface area contributed by atoms with Crippen molar-refractivity contribution in [1.29, 1.82) is 0 Å². The van der Waals surface area contributed by atoms with Crippen molar-refractivity contribution in [1.82, 2.24) is 20.1 Å². The lowest BCUT2D eigenvalue weighted by Gasteiger charge is -2.05. The topological polar surface area (TPSA) is 62.7 Å². The number of nitrogens with zero attached hydrogens (tertiary/aromatic N) is 2. The largest absolute Gasteiger partial charge is 0.361 e. The number of amides is 1. The van der Waals surface area contributed by atoms with Crippen LogP contribution in [0.3, 0.4) is 0 Å². The molecular formula is C15H16N4O. The first-order valence-corrected chi connectivity index (χ1v) is 6.62. The molecule has 0 spiro atoms. The van der Waals surface area contributed by atoms with Crippen LogP contribution in [0.2, 0.25) is 0 Å². The van der Waals surface area contributed by atoms with E-state index in [2.05, 4.69) is 27.5 Å². The number of aromatic nitrogens is 3. The van der Waals surface area contributed by atoms with E-state index in [9.17, 15) is 4.79 Å². The maximum atomic E-state index is 11.7. The maximum Gasteiger partial charge on any atom is 0.241 e. The molecule has 0 aliphatic rings. The lowest BCUT2D eigenvalue weighted by molar-refractivity contribution is -0.121. The molecule has 0 radical (unpaired) electrons. The minimum atomic E-state index is -0.0199. The summed E-state index contributed by atoms with van der Waals surface area (Å²) in [5, 5.41) is 8.13. The van der Waals surface area contributed by atoms with Crippen LogP contribution in [-0.2, 0) is 17.8 Å². The number of hydrogen-bond donors (Lipinski definition) is 2. The van der Waals surface area contributed by atoms with E-state index in [1.807, 2.05) is 18.3 Å². The van der Waals surface area contributed by atoms with Gasteiger partial charge in [0.2, 0.25) is 5.91 Å². The summed E-state index contributed by atoms with van der Waals surface area (Å²) < 4.78 is 1.61. The van der Waals surface area contributed by atoms with Gasteiger partial charge in [-0.3, -0.25) is 9.48 Å². The fourth-order valence-electron chi connectivity index (χ4n) is 2.27. The number of rotatable bonds is 5. The van der Waals surface area contributed by atoms with E-state index in [1.54, 1.807) is 23.1 Å². The van der Waals surface area contributed by atoms with Gasteiger partial charge in [0, 0.05) is 36.0 Å². The number of nitrogens with one attached hydrogen (secondary N) is 2. The van der Waals surface area contributed by atoms with Crippen LogP contribution in [-0.4, -0.2) is 27.2 Å². The van der Waals surface area contributed by atoms with E-state index in [-0.39, 0.29) is 12.5 Å². The highest BCUT2D eigenvalue weighted by Gasteiger charge is 2.05. The van der Waals surface area contributed by atoms with Crippen LogP contribution < -0.4 is 5.32 Å². The van der Waals surface area contributed by atoms with Crippen LogP contribution in [0.5, 0.6) is 0 Å². The molecule has 102 valence electrons. The second-order valence-electron chi connectivity index (χ2n) is 4.66. The van der Waals surface area contributed by atoms with Crippen molar-refractivity contribution in [2.24, 2.45) is 0 Å². The van der Waals surface area contributed by atoms with E-state index >= 15 is 0 Å². The van der Waals surface area contributed by atoms with Gasteiger partial charge in [0.1, 0.15) is 6.54 Å². The molecule has 2 N–H and O–H groups in total. The van der Waals surface area contributed by atoms with Crippen LogP contribution in [0.15, 0.2) is 48.9 Å². The Balaban J connectivity index is 1.53. The van der Waals surface area contributed by atoms with Gasteiger partial charge < -0.3 is 10.3 Å². The summed E-state index contributed by atoms with van der Waals surface area (Å²) in [5.74, 6) is -0.0199. The van der Waals surface area contributed by atoms with E-state index in [0.29, 0.717) is 6.54 Å². The molecule has 5 nitrogen and oxygen atoms in total. The van der Waals surface area contributed by atoms with Crippen LogP contribution in [0.25, 0.3) is 10.9 Å². The molecule has 3 rings (SSSR count). The van der Waals surface area contributed by atoms with Crippen LogP contribution in [0.4, 0.5) is 0 Å². The van der Waals surface area contributed by atoms with E-state index in [4.69, 9.17) is 0 Å². The molecule has 3 aromatic rings. The highest BCUT2D eigenvalue weighted by molar-refractivity contribution is 5.83. The van der Waals surface area contributed by atoms with Gasteiger partial charge in [-0.25, -0.2) is 0 Å². The molecule has 1 aromatic carbocycles. The molecule has 0 bridgehead atoms. The van der Waals surface area contributed by atoms with Crippen molar-refractivity contribution < 1.29 is 4.79 Å². The van der Waals surface area contributed by atoms with E-state index < -0.39 is 0 Å². The number of fused-ring (bicyclic) bond motifs is 1. The van der Waals surface area contributed by atoms with Gasteiger partial charge in [0.15, 0.2) is 0 Å². The minimum absolute atomic E-state index is 0.0199. The first-order valence-electron chi connectivity index (χ1n) is 6.62. The summed E-state index contributed by atoms with van der Waals surface area (Å²) in [6.45, 7) is 0.892. The van der Waals surface area contributed by atoms with E-state index in [1.165, 1.54) is 10.9 Å². The fourth-order valence-corrected chi connectivity index (χ4v) is 2.27. The molecule has 5 heteroatoms. The third kappa shape index (κ3) is 2.71. The summed E-state index contributed by atoms with van der Waals surface area (Å²) in [7, 11) is 0. The van der Waals surface area contributed by atoms with Crippen LogP contribution in [0.1, 0.15) is 5.56 Å². The third-order valence-electron chi connectivity index (χ3n) is 3.26. The monoisotopic (exact) mass is 268 g/mol. The Bertz CT molecular complexity index is 700. The number of benzene rings is 1. The van der Waals surface area contributed by atoms with Gasteiger partial charge in [-0.2, -0.15) is 5.10 Å². The number of carbonyl (C=O) groups excluding carboxylic acids is 1. The normalized spacial score (nSPS) is 10.8. The minimum Gasteiger partial charge on any atom is -0.361 e. The lowest BCUT2D eigenvalue weighted by Crippen LogP contribution is -2.29.